The Bertz CT molecular complexity index is 428. The molecular formula is C15H22N2O3. The number of hydrogen-bond donors (Lipinski definition) is 2. The average Bonchev–Trinajstić information content (AvgIpc) is 2.49. The number of hydrogen-bond acceptors (Lipinski definition) is 4. The molecule has 0 bridgehead atoms. The van der Waals surface area contributed by atoms with Gasteiger partial charge >= 0.3 is 6.09 Å². The number of alkyl carbamates (subject to hydrolysis) is 1. The van der Waals surface area contributed by atoms with Gasteiger partial charge in [0.15, 0.2) is 0 Å². The number of nitrogens with one attached hydrogen (secondary N) is 1. The van der Waals surface area contributed by atoms with Crippen LogP contribution in [0.2, 0.25) is 0 Å². The Morgan fingerprint density at radius 1 is 1.35 bits per heavy atom. The third-order valence-corrected chi connectivity index (χ3v) is 3.83. The maximum atomic E-state index is 11.9. The van der Waals surface area contributed by atoms with E-state index in [0.29, 0.717) is 0 Å². The summed E-state index contributed by atoms with van der Waals surface area (Å²) in [4.78, 5) is 14.1. The molecule has 20 heavy (non-hydrogen) atoms. The van der Waals surface area contributed by atoms with Gasteiger partial charge in [0, 0.05) is 13.1 Å². The van der Waals surface area contributed by atoms with E-state index in [2.05, 4.69) is 10.2 Å². The maximum Gasteiger partial charge on any atom is 0.407 e. The standard InChI is InChI=1S/C15H22N2O3/c1-17-9-7-15(12-18,8-10-17)16-14(19)20-11-13-5-3-2-4-6-13/h2-6,18H,7-12H2,1H3,(H,16,19). The van der Waals surface area contributed by atoms with Crippen LogP contribution < -0.4 is 5.32 Å². The Labute approximate surface area is 119 Å². The Balaban J connectivity index is 1.83. The molecule has 0 radical (unpaired) electrons. The molecule has 2 rings (SSSR count). The van der Waals surface area contributed by atoms with E-state index in [-0.39, 0.29) is 13.2 Å². The minimum atomic E-state index is -0.541. The third kappa shape index (κ3) is 3.95. The van der Waals surface area contributed by atoms with Gasteiger partial charge in [0.2, 0.25) is 0 Å². The van der Waals surface area contributed by atoms with Gasteiger partial charge in [0.05, 0.1) is 12.1 Å². The number of ether oxygens (including phenoxy) is 1. The molecule has 5 heteroatoms. The minimum absolute atomic E-state index is 0.0543. The highest BCUT2D eigenvalue weighted by atomic mass is 16.5. The van der Waals surface area contributed by atoms with Gasteiger partial charge in [0.25, 0.3) is 0 Å². The molecule has 1 aliphatic rings. The summed E-state index contributed by atoms with van der Waals surface area (Å²) in [5.41, 5.74) is 0.407. The van der Waals surface area contributed by atoms with Crippen molar-refractivity contribution in [2.45, 2.75) is 25.0 Å². The Hall–Kier alpha value is -1.59. The first-order valence-corrected chi connectivity index (χ1v) is 6.92. The van der Waals surface area contributed by atoms with E-state index >= 15 is 0 Å². The van der Waals surface area contributed by atoms with E-state index < -0.39 is 11.6 Å². The summed E-state index contributed by atoms with van der Waals surface area (Å²) in [6, 6.07) is 9.55. The molecule has 0 atom stereocenters. The first kappa shape index (κ1) is 14.8. The van der Waals surface area contributed by atoms with Gasteiger partial charge in [-0.2, -0.15) is 0 Å². The van der Waals surface area contributed by atoms with Crippen molar-refractivity contribution in [1.29, 1.82) is 0 Å². The number of aliphatic hydroxyl groups excluding tert-OH is 1. The molecule has 1 aromatic rings. The highest BCUT2D eigenvalue weighted by molar-refractivity contribution is 5.68. The quantitative estimate of drug-likeness (QED) is 0.873. The number of piperidine rings is 1. The zero-order valence-electron chi connectivity index (χ0n) is 11.8. The fraction of sp³-hybridized carbons (Fsp3) is 0.533. The van der Waals surface area contributed by atoms with Crippen molar-refractivity contribution in [1.82, 2.24) is 10.2 Å². The smallest absolute Gasteiger partial charge is 0.407 e. The summed E-state index contributed by atoms with van der Waals surface area (Å²) in [5.74, 6) is 0. The number of rotatable bonds is 4. The monoisotopic (exact) mass is 278 g/mol. The van der Waals surface area contributed by atoms with E-state index in [9.17, 15) is 9.90 Å². The molecule has 5 nitrogen and oxygen atoms in total. The third-order valence-electron chi connectivity index (χ3n) is 3.83. The lowest BCUT2D eigenvalue weighted by molar-refractivity contribution is 0.0716. The van der Waals surface area contributed by atoms with Crippen LogP contribution in [0.1, 0.15) is 18.4 Å². The van der Waals surface area contributed by atoms with Gasteiger partial charge in [-0.15, -0.1) is 0 Å². The molecule has 1 saturated heterocycles. The summed E-state index contributed by atoms with van der Waals surface area (Å²) in [5, 5.41) is 12.4. The predicted molar refractivity (Wildman–Crippen MR) is 76.3 cm³/mol. The summed E-state index contributed by atoms with van der Waals surface area (Å²) < 4.78 is 5.21. The largest absolute Gasteiger partial charge is 0.445 e. The summed E-state index contributed by atoms with van der Waals surface area (Å²) >= 11 is 0. The van der Waals surface area contributed by atoms with Crippen molar-refractivity contribution in [2.75, 3.05) is 26.7 Å². The topological polar surface area (TPSA) is 61.8 Å². The van der Waals surface area contributed by atoms with Crippen LogP contribution in [0.3, 0.4) is 0 Å². The number of nitrogens with zero attached hydrogens (tertiary/aromatic N) is 1. The van der Waals surface area contributed by atoms with Crippen LogP contribution in [0.5, 0.6) is 0 Å². The first-order valence-electron chi connectivity index (χ1n) is 6.92. The number of aliphatic hydroxyl groups is 1. The van der Waals surface area contributed by atoms with Crippen molar-refractivity contribution in [3.05, 3.63) is 35.9 Å². The highest BCUT2D eigenvalue weighted by Gasteiger charge is 2.35. The molecule has 1 aromatic carbocycles. The molecule has 1 aliphatic heterocycles. The molecule has 0 unspecified atom stereocenters. The summed E-state index contributed by atoms with van der Waals surface area (Å²) in [7, 11) is 2.04. The molecule has 0 aliphatic carbocycles. The zero-order valence-corrected chi connectivity index (χ0v) is 11.8. The predicted octanol–water partition coefficient (Wildman–Crippen LogP) is 1.37. The SMILES string of the molecule is CN1CCC(CO)(NC(=O)OCc2ccccc2)CC1. The number of benzene rings is 1. The molecule has 1 fully saturated rings. The van der Waals surface area contributed by atoms with E-state index in [1.807, 2.05) is 37.4 Å². The summed E-state index contributed by atoms with van der Waals surface area (Å²) in [6.07, 6.45) is 1.01. The first-order chi connectivity index (χ1) is 9.63. The minimum Gasteiger partial charge on any atom is -0.445 e. The molecule has 1 heterocycles. The fourth-order valence-electron chi connectivity index (χ4n) is 2.34. The van der Waals surface area contributed by atoms with E-state index in [4.69, 9.17) is 4.74 Å². The molecular weight excluding hydrogens is 256 g/mol. The molecule has 0 aromatic heterocycles. The van der Waals surface area contributed by atoms with Crippen molar-refractivity contribution in [3.8, 4) is 0 Å². The van der Waals surface area contributed by atoms with Crippen LogP contribution in [0.15, 0.2) is 30.3 Å². The molecule has 2 N–H and O–H groups in total. The Morgan fingerprint density at radius 3 is 2.60 bits per heavy atom. The van der Waals surface area contributed by atoms with Gasteiger partial charge in [-0.25, -0.2) is 4.79 Å². The summed E-state index contributed by atoms with van der Waals surface area (Å²) in [6.45, 7) is 1.91. The van der Waals surface area contributed by atoms with E-state index in [1.54, 1.807) is 0 Å². The zero-order chi connectivity index (χ0) is 14.4. The van der Waals surface area contributed by atoms with Gasteiger partial charge in [-0.1, -0.05) is 30.3 Å². The lowest BCUT2D eigenvalue weighted by Gasteiger charge is -2.39. The molecule has 110 valence electrons. The number of carbonyl (C=O) groups is 1. The number of amides is 1. The van der Waals surface area contributed by atoms with Crippen LogP contribution >= 0.6 is 0 Å². The van der Waals surface area contributed by atoms with Crippen molar-refractivity contribution in [3.63, 3.8) is 0 Å². The number of carbonyl (C=O) groups excluding carboxylic acids is 1. The van der Waals surface area contributed by atoms with Gasteiger partial charge in [-0.3, -0.25) is 0 Å². The van der Waals surface area contributed by atoms with Crippen LogP contribution in [0.25, 0.3) is 0 Å². The van der Waals surface area contributed by atoms with E-state index in [0.717, 1.165) is 31.5 Å². The lowest BCUT2D eigenvalue weighted by Crippen LogP contribution is -2.57. The highest BCUT2D eigenvalue weighted by Crippen LogP contribution is 2.21. The molecule has 0 spiro atoms. The van der Waals surface area contributed by atoms with Crippen molar-refractivity contribution < 1.29 is 14.6 Å². The van der Waals surface area contributed by atoms with Gasteiger partial charge < -0.3 is 20.1 Å². The van der Waals surface area contributed by atoms with E-state index in [1.165, 1.54) is 0 Å². The van der Waals surface area contributed by atoms with Crippen molar-refractivity contribution >= 4 is 6.09 Å². The van der Waals surface area contributed by atoms with Crippen LogP contribution in [0.4, 0.5) is 4.79 Å². The van der Waals surface area contributed by atoms with Gasteiger partial charge in [0.1, 0.15) is 6.61 Å². The Morgan fingerprint density at radius 2 is 2.00 bits per heavy atom. The second kappa shape index (κ2) is 6.72. The second-order valence-corrected chi connectivity index (χ2v) is 5.43. The fourth-order valence-corrected chi connectivity index (χ4v) is 2.34. The normalized spacial score (nSPS) is 18.5. The second-order valence-electron chi connectivity index (χ2n) is 5.43. The molecule has 1 amide bonds. The van der Waals surface area contributed by atoms with Crippen LogP contribution in [-0.2, 0) is 11.3 Å². The maximum absolute atomic E-state index is 11.9. The van der Waals surface area contributed by atoms with Crippen LogP contribution in [-0.4, -0.2) is 48.4 Å². The number of likely N-dealkylation sites (tertiary alicyclic amines) is 1. The van der Waals surface area contributed by atoms with Crippen LogP contribution in [0, 0.1) is 0 Å². The van der Waals surface area contributed by atoms with Crippen molar-refractivity contribution in [2.24, 2.45) is 0 Å². The average molecular weight is 278 g/mol. The Kier molecular flexibility index (Phi) is 4.98. The molecule has 0 saturated carbocycles. The van der Waals surface area contributed by atoms with Gasteiger partial charge in [-0.05, 0) is 25.5 Å². The lowest BCUT2D eigenvalue weighted by atomic mass is 9.89.